The van der Waals surface area contributed by atoms with E-state index in [4.69, 9.17) is 9.47 Å². The number of rotatable bonds is 6. The Bertz CT molecular complexity index is 432. The largest absolute Gasteiger partial charge is 0.491 e. The molecule has 0 aliphatic heterocycles. The van der Waals surface area contributed by atoms with Crippen molar-refractivity contribution in [3.8, 4) is 5.75 Å². The van der Waals surface area contributed by atoms with Crippen LogP contribution in [0.2, 0.25) is 0 Å². The van der Waals surface area contributed by atoms with Gasteiger partial charge in [-0.3, -0.25) is 4.79 Å². The van der Waals surface area contributed by atoms with Crippen LogP contribution in [0.15, 0.2) is 18.2 Å². The fourth-order valence-corrected chi connectivity index (χ4v) is 2.19. The van der Waals surface area contributed by atoms with Crippen molar-refractivity contribution < 1.29 is 14.3 Å². The molecule has 0 bridgehead atoms. The molecule has 0 spiro atoms. The number of hydrogen-bond donors (Lipinski definition) is 1. The first-order valence-electron chi connectivity index (χ1n) is 5.92. The number of nitrogens with one attached hydrogen (secondary N) is 1. The molecule has 2 rings (SSSR count). The Morgan fingerprint density at radius 2 is 2.17 bits per heavy atom. The van der Waals surface area contributed by atoms with Crippen molar-refractivity contribution in [1.82, 2.24) is 0 Å². The summed E-state index contributed by atoms with van der Waals surface area (Å²) in [5, 5.41) is 2.92. The zero-order valence-corrected chi connectivity index (χ0v) is 12.4. The molecule has 0 saturated heterocycles. The maximum Gasteiger partial charge on any atom is 0.227 e. The highest BCUT2D eigenvalue weighted by Crippen LogP contribution is 2.31. The first kappa shape index (κ1) is 13.6. The van der Waals surface area contributed by atoms with Gasteiger partial charge in [0, 0.05) is 28.4 Å². The van der Waals surface area contributed by atoms with E-state index in [1.165, 1.54) is 0 Å². The molecule has 0 unspecified atom stereocenters. The molecule has 18 heavy (non-hydrogen) atoms. The fourth-order valence-electron chi connectivity index (χ4n) is 1.55. The fraction of sp³-hybridized carbons (Fsp3) is 0.462. The van der Waals surface area contributed by atoms with E-state index in [9.17, 15) is 4.79 Å². The predicted molar refractivity (Wildman–Crippen MR) is 77.9 cm³/mol. The van der Waals surface area contributed by atoms with Crippen LogP contribution < -0.4 is 10.1 Å². The third-order valence-electron chi connectivity index (χ3n) is 2.64. The highest BCUT2D eigenvalue weighted by molar-refractivity contribution is 14.1. The summed E-state index contributed by atoms with van der Waals surface area (Å²) in [6.07, 6.45) is 2.01. The van der Waals surface area contributed by atoms with Crippen LogP contribution in [0.1, 0.15) is 12.8 Å². The molecule has 1 amide bonds. The van der Waals surface area contributed by atoms with Crippen molar-refractivity contribution in [2.75, 3.05) is 25.6 Å². The van der Waals surface area contributed by atoms with Gasteiger partial charge in [-0.25, -0.2) is 0 Å². The maximum atomic E-state index is 11.7. The van der Waals surface area contributed by atoms with Crippen LogP contribution in [0.3, 0.4) is 0 Å². The van der Waals surface area contributed by atoms with Gasteiger partial charge in [-0.1, -0.05) is 0 Å². The topological polar surface area (TPSA) is 47.6 Å². The molecular weight excluding hydrogens is 345 g/mol. The van der Waals surface area contributed by atoms with Crippen LogP contribution in [0.25, 0.3) is 0 Å². The van der Waals surface area contributed by atoms with E-state index in [1.54, 1.807) is 7.11 Å². The molecule has 4 nitrogen and oxygen atoms in total. The minimum atomic E-state index is 0.111. The monoisotopic (exact) mass is 361 g/mol. The third-order valence-corrected chi connectivity index (χ3v) is 3.27. The van der Waals surface area contributed by atoms with Crippen molar-refractivity contribution in [1.29, 1.82) is 0 Å². The average molecular weight is 361 g/mol. The van der Waals surface area contributed by atoms with Crippen molar-refractivity contribution in [3.05, 3.63) is 21.8 Å². The first-order valence-corrected chi connectivity index (χ1v) is 7.00. The molecule has 1 aromatic rings. The summed E-state index contributed by atoms with van der Waals surface area (Å²) in [6.45, 7) is 1.06. The van der Waals surface area contributed by atoms with Crippen LogP contribution in [0, 0.1) is 9.49 Å². The molecule has 0 atom stereocenters. The zero-order chi connectivity index (χ0) is 13.0. The molecule has 1 aliphatic carbocycles. The van der Waals surface area contributed by atoms with E-state index < -0.39 is 0 Å². The van der Waals surface area contributed by atoms with E-state index in [0.717, 1.165) is 27.8 Å². The third kappa shape index (κ3) is 4.13. The Morgan fingerprint density at radius 3 is 2.83 bits per heavy atom. The van der Waals surface area contributed by atoms with Gasteiger partial charge < -0.3 is 14.8 Å². The van der Waals surface area contributed by atoms with Gasteiger partial charge in [-0.05, 0) is 47.6 Å². The van der Waals surface area contributed by atoms with E-state index in [-0.39, 0.29) is 11.8 Å². The lowest BCUT2D eigenvalue weighted by molar-refractivity contribution is -0.117. The Balaban J connectivity index is 1.98. The van der Waals surface area contributed by atoms with Crippen LogP contribution in [-0.4, -0.2) is 26.2 Å². The van der Waals surface area contributed by atoms with Crippen LogP contribution in [0.4, 0.5) is 5.69 Å². The maximum absolute atomic E-state index is 11.7. The van der Waals surface area contributed by atoms with Gasteiger partial charge in [-0.15, -0.1) is 0 Å². The number of halogens is 1. The van der Waals surface area contributed by atoms with Gasteiger partial charge in [0.15, 0.2) is 0 Å². The summed E-state index contributed by atoms with van der Waals surface area (Å²) in [6, 6.07) is 5.71. The number of ether oxygens (including phenoxy) is 2. The van der Waals surface area contributed by atoms with Crippen molar-refractivity contribution in [2.45, 2.75) is 12.8 Å². The van der Waals surface area contributed by atoms with Crippen LogP contribution >= 0.6 is 22.6 Å². The van der Waals surface area contributed by atoms with Crippen LogP contribution in [0.5, 0.6) is 5.75 Å². The predicted octanol–water partition coefficient (Wildman–Crippen LogP) is 2.66. The summed E-state index contributed by atoms with van der Waals surface area (Å²) in [5.74, 6) is 1.07. The van der Waals surface area contributed by atoms with Gasteiger partial charge in [0.25, 0.3) is 0 Å². The molecular formula is C13H16INO3. The van der Waals surface area contributed by atoms with E-state index in [0.29, 0.717) is 13.2 Å². The number of benzene rings is 1. The van der Waals surface area contributed by atoms with Crippen molar-refractivity contribution in [2.24, 2.45) is 5.92 Å². The molecule has 98 valence electrons. The molecule has 0 heterocycles. The van der Waals surface area contributed by atoms with Crippen molar-refractivity contribution in [3.63, 3.8) is 0 Å². The Hall–Kier alpha value is -0.820. The second-order valence-corrected chi connectivity index (χ2v) is 5.53. The number of anilines is 1. The molecule has 1 N–H and O–H groups in total. The molecule has 1 fully saturated rings. The lowest BCUT2D eigenvalue weighted by atomic mass is 10.3. The van der Waals surface area contributed by atoms with E-state index in [2.05, 4.69) is 27.9 Å². The minimum Gasteiger partial charge on any atom is -0.491 e. The first-order chi connectivity index (χ1) is 8.69. The minimum absolute atomic E-state index is 0.111. The highest BCUT2D eigenvalue weighted by Gasteiger charge is 2.29. The van der Waals surface area contributed by atoms with E-state index >= 15 is 0 Å². The Kier molecular flexibility index (Phi) is 4.82. The van der Waals surface area contributed by atoms with Gasteiger partial charge in [0.05, 0.1) is 6.61 Å². The number of carbonyl (C=O) groups excluding carboxylic acids is 1. The smallest absolute Gasteiger partial charge is 0.227 e. The van der Waals surface area contributed by atoms with Gasteiger partial charge in [0.1, 0.15) is 12.4 Å². The lowest BCUT2D eigenvalue weighted by Gasteiger charge is -2.10. The SMILES string of the molecule is COCCOc1cc(I)cc(NC(=O)C2CC2)c1. The molecule has 1 saturated carbocycles. The highest BCUT2D eigenvalue weighted by atomic mass is 127. The Labute approximate surface area is 120 Å². The van der Waals surface area contributed by atoms with Gasteiger partial charge >= 0.3 is 0 Å². The normalized spacial score (nSPS) is 14.3. The summed E-state index contributed by atoms with van der Waals surface area (Å²) >= 11 is 2.21. The molecule has 1 aromatic carbocycles. The molecule has 1 aliphatic rings. The number of methoxy groups -OCH3 is 1. The second kappa shape index (κ2) is 6.38. The van der Waals surface area contributed by atoms with Crippen molar-refractivity contribution >= 4 is 34.2 Å². The van der Waals surface area contributed by atoms with Gasteiger partial charge in [0.2, 0.25) is 5.91 Å². The summed E-state index contributed by atoms with van der Waals surface area (Å²) in [7, 11) is 1.64. The van der Waals surface area contributed by atoms with Gasteiger partial charge in [-0.2, -0.15) is 0 Å². The second-order valence-electron chi connectivity index (χ2n) is 4.28. The number of hydrogen-bond acceptors (Lipinski definition) is 3. The van der Waals surface area contributed by atoms with Crippen LogP contribution in [-0.2, 0) is 9.53 Å². The average Bonchev–Trinajstić information content (AvgIpc) is 3.12. The molecule has 5 heteroatoms. The summed E-state index contributed by atoms with van der Waals surface area (Å²) < 4.78 is 11.5. The number of amides is 1. The Morgan fingerprint density at radius 1 is 1.39 bits per heavy atom. The number of carbonyl (C=O) groups is 1. The standard InChI is InChI=1S/C13H16INO3/c1-17-4-5-18-12-7-10(14)6-11(8-12)15-13(16)9-2-3-9/h6-9H,2-5H2,1H3,(H,15,16). The zero-order valence-electron chi connectivity index (χ0n) is 10.2. The summed E-state index contributed by atoms with van der Waals surface area (Å²) in [4.78, 5) is 11.7. The summed E-state index contributed by atoms with van der Waals surface area (Å²) in [5.41, 5.74) is 0.797. The van der Waals surface area contributed by atoms with E-state index in [1.807, 2.05) is 18.2 Å². The molecule has 0 aromatic heterocycles. The lowest BCUT2D eigenvalue weighted by Crippen LogP contribution is -2.13. The molecule has 0 radical (unpaired) electrons. The quantitative estimate of drug-likeness (QED) is 0.626.